The Labute approximate surface area is 140 Å². The van der Waals surface area contributed by atoms with Crippen LogP contribution in [0.3, 0.4) is 0 Å². The highest BCUT2D eigenvalue weighted by Gasteiger charge is 2.11. The molecule has 0 aliphatic carbocycles. The first-order chi connectivity index (χ1) is 10.2. The average molecular weight is 330 g/mol. The van der Waals surface area contributed by atoms with E-state index in [4.69, 9.17) is 23.2 Å². The van der Waals surface area contributed by atoms with Crippen LogP contribution in [0.1, 0.15) is 76.8 Å². The fourth-order valence-electron chi connectivity index (χ4n) is 2.56. The summed E-state index contributed by atoms with van der Waals surface area (Å²) in [4.78, 5) is 0. The van der Waals surface area contributed by atoms with Gasteiger partial charge in [0.2, 0.25) is 0 Å². The molecule has 0 spiro atoms. The molecule has 1 N–H and O–H groups in total. The molecule has 0 heterocycles. The SMILES string of the molecule is CCCCCCCCC(NCCC)c1ccc(Cl)c(Cl)c1. The predicted molar refractivity (Wildman–Crippen MR) is 95.5 cm³/mol. The molecule has 1 nitrogen and oxygen atoms in total. The summed E-state index contributed by atoms with van der Waals surface area (Å²) >= 11 is 12.2. The lowest BCUT2D eigenvalue weighted by Crippen LogP contribution is -2.22. The van der Waals surface area contributed by atoms with Gasteiger partial charge in [-0.05, 0) is 37.1 Å². The highest BCUT2D eigenvalue weighted by atomic mass is 35.5. The topological polar surface area (TPSA) is 12.0 Å². The van der Waals surface area contributed by atoms with Gasteiger partial charge in [0.25, 0.3) is 0 Å². The van der Waals surface area contributed by atoms with Crippen LogP contribution in [0, 0.1) is 0 Å². The number of hydrogen-bond donors (Lipinski definition) is 1. The summed E-state index contributed by atoms with van der Waals surface area (Å²) in [5.41, 5.74) is 1.26. The van der Waals surface area contributed by atoms with Crippen molar-refractivity contribution >= 4 is 23.2 Å². The van der Waals surface area contributed by atoms with E-state index in [2.05, 4.69) is 25.2 Å². The Morgan fingerprint density at radius 1 is 0.905 bits per heavy atom. The van der Waals surface area contributed by atoms with Crippen LogP contribution in [0.4, 0.5) is 0 Å². The van der Waals surface area contributed by atoms with Crippen molar-refractivity contribution < 1.29 is 0 Å². The van der Waals surface area contributed by atoms with Crippen LogP contribution < -0.4 is 5.32 Å². The van der Waals surface area contributed by atoms with E-state index in [-0.39, 0.29) is 0 Å². The molecule has 1 rings (SSSR count). The molecule has 1 unspecified atom stereocenters. The molecular formula is C18H29Cl2N. The fourth-order valence-corrected chi connectivity index (χ4v) is 2.87. The minimum absolute atomic E-state index is 0.394. The maximum Gasteiger partial charge on any atom is 0.0595 e. The largest absolute Gasteiger partial charge is 0.310 e. The van der Waals surface area contributed by atoms with E-state index >= 15 is 0 Å². The predicted octanol–water partition coefficient (Wildman–Crippen LogP) is 6.78. The number of benzene rings is 1. The van der Waals surface area contributed by atoms with E-state index in [1.807, 2.05) is 12.1 Å². The molecule has 0 bridgehead atoms. The smallest absolute Gasteiger partial charge is 0.0595 e. The molecule has 0 fully saturated rings. The summed E-state index contributed by atoms with van der Waals surface area (Å²) in [6.45, 7) is 5.50. The molecule has 0 saturated heterocycles. The van der Waals surface area contributed by atoms with Crippen molar-refractivity contribution in [2.45, 2.75) is 71.3 Å². The maximum atomic E-state index is 6.15. The van der Waals surface area contributed by atoms with E-state index in [1.165, 1.54) is 50.5 Å². The standard InChI is InChI=1S/C18H29Cl2N/c1-3-5-6-7-8-9-10-18(21-13-4-2)15-11-12-16(19)17(20)14-15/h11-12,14,18,21H,3-10,13H2,1-2H3. The van der Waals surface area contributed by atoms with Crippen LogP contribution in [-0.4, -0.2) is 6.54 Å². The molecule has 0 aliphatic rings. The molecule has 1 aromatic carbocycles. The van der Waals surface area contributed by atoms with Gasteiger partial charge in [-0.3, -0.25) is 0 Å². The Morgan fingerprint density at radius 2 is 1.62 bits per heavy atom. The molecule has 0 amide bonds. The van der Waals surface area contributed by atoms with Gasteiger partial charge >= 0.3 is 0 Å². The van der Waals surface area contributed by atoms with Gasteiger partial charge in [0.15, 0.2) is 0 Å². The summed E-state index contributed by atoms with van der Waals surface area (Å²) in [6, 6.07) is 6.40. The lowest BCUT2D eigenvalue weighted by atomic mass is 9.99. The Hall–Kier alpha value is -0.240. The fraction of sp³-hybridized carbons (Fsp3) is 0.667. The number of hydrogen-bond acceptors (Lipinski definition) is 1. The third-order valence-electron chi connectivity index (χ3n) is 3.83. The molecule has 1 atom stereocenters. The zero-order valence-electron chi connectivity index (χ0n) is 13.4. The molecule has 120 valence electrons. The number of nitrogens with one attached hydrogen (secondary N) is 1. The van der Waals surface area contributed by atoms with Crippen molar-refractivity contribution in [2.24, 2.45) is 0 Å². The van der Waals surface area contributed by atoms with E-state index < -0.39 is 0 Å². The van der Waals surface area contributed by atoms with Crippen LogP contribution in [0.5, 0.6) is 0 Å². The molecule has 0 radical (unpaired) electrons. The van der Waals surface area contributed by atoms with E-state index in [0.29, 0.717) is 16.1 Å². The Balaban J connectivity index is 2.48. The van der Waals surface area contributed by atoms with Crippen LogP contribution in [0.15, 0.2) is 18.2 Å². The monoisotopic (exact) mass is 329 g/mol. The van der Waals surface area contributed by atoms with E-state index in [1.54, 1.807) is 0 Å². The summed E-state index contributed by atoms with van der Waals surface area (Å²) in [5, 5.41) is 4.92. The van der Waals surface area contributed by atoms with Crippen molar-refractivity contribution in [1.29, 1.82) is 0 Å². The van der Waals surface area contributed by atoms with Crippen LogP contribution in [0.2, 0.25) is 10.0 Å². The quantitative estimate of drug-likeness (QED) is 0.441. The van der Waals surface area contributed by atoms with Gasteiger partial charge < -0.3 is 5.32 Å². The minimum atomic E-state index is 0.394. The average Bonchev–Trinajstić information content (AvgIpc) is 2.49. The summed E-state index contributed by atoms with van der Waals surface area (Å²) in [5.74, 6) is 0. The van der Waals surface area contributed by atoms with Crippen LogP contribution in [0.25, 0.3) is 0 Å². The number of unbranched alkanes of at least 4 members (excludes halogenated alkanes) is 5. The Kier molecular flexibility index (Phi) is 10.2. The second-order valence-electron chi connectivity index (χ2n) is 5.74. The van der Waals surface area contributed by atoms with Crippen molar-refractivity contribution in [3.05, 3.63) is 33.8 Å². The first-order valence-electron chi connectivity index (χ1n) is 8.37. The third-order valence-corrected chi connectivity index (χ3v) is 4.57. The van der Waals surface area contributed by atoms with Crippen molar-refractivity contribution in [1.82, 2.24) is 5.32 Å². The van der Waals surface area contributed by atoms with Crippen LogP contribution in [-0.2, 0) is 0 Å². The van der Waals surface area contributed by atoms with E-state index in [0.717, 1.165) is 13.0 Å². The number of halogens is 2. The number of rotatable bonds is 11. The zero-order chi connectivity index (χ0) is 15.5. The second kappa shape index (κ2) is 11.3. The van der Waals surface area contributed by atoms with Crippen LogP contribution >= 0.6 is 23.2 Å². The van der Waals surface area contributed by atoms with Gasteiger partial charge in [-0.25, -0.2) is 0 Å². The van der Waals surface area contributed by atoms with E-state index in [9.17, 15) is 0 Å². The minimum Gasteiger partial charge on any atom is -0.310 e. The zero-order valence-corrected chi connectivity index (χ0v) is 14.9. The van der Waals surface area contributed by atoms with Gasteiger partial charge in [0, 0.05) is 6.04 Å². The van der Waals surface area contributed by atoms with Gasteiger partial charge in [-0.1, -0.05) is 81.6 Å². The highest BCUT2D eigenvalue weighted by Crippen LogP contribution is 2.28. The first-order valence-corrected chi connectivity index (χ1v) is 9.13. The second-order valence-corrected chi connectivity index (χ2v) is 6.55. The molecule has 0 saturated carbocycles. The molecule has 21 heavy (non-hydrogen) atoms. The van der Waals surface area contributed by atoms with Crippen molar-refractivity contribution in [3.63, 3.8) is 0 Å². The molecule has 0 aromatic heterocycles. The van der Waals surface area contributed by atoms with Crippen molar-refractivity contribution in [3.8, 4) is 0 Å². The van der Waals surface area contributed by atoms with Crippen molar-refractivity contribution in [2.75, 3.05) is 6.54 Å². The van der Waals surface area contributed by atoms with Gasteiger partial charge in [-0.2, -0.15) is 0 Å². The van der Waals surface area contributed by atoms with Gasteiger partial charge in [0.1, 0.15) is 0 Å². The molecule has 3 heteroatoms. The maximum absolute atomic E-state index is 6.15. The normalized spacial score (nSPS) is 12.6. The Morgan fingerprint density at radius 3 is 2.29 bits per heavy atom. The molecular weight excluding hydrogens is 301 g/mol. The summed E-state index contributed by atoms with van der Waals surface area (Å²) in [7, 11) is 0. The van der Waals surface area contributed by atoms with Gasteiger partial charge in [-0.15, -0.1) is 0 Å². The van der Waals surface area contributed by atoms with Gasteiger partial charge in [0.05, 0.1) is 10.0 Å². The summed E-state index contributed by atoms with van der Waals surface area (Å²) in [6.07, 6.45) is 10.3. The summed E-state index contributed by atoms with van der Waals surface area (Å²) < 4.78 is 0. The lowest BCUT2D eigenvalue weighted by Gasteiger charge is -2.19. The Bertz CT molecular complexity index is 393. The third kappa shape index (κ3) is 7.54. The lowest BCUT2D eigenvalue weighted by molar-refractivity contribution is 0.466. The highest BCUT2D eigenvalue weighted by molar-refractivity contribution is 6.42. The first kappa shape index (κ1) is 18.8. The molecule has 0 aliphatic heterocycles. The molecule has 1 aromatic rings.